The third-order valence-corrected chi connectivity index (χ3v) is 10.1. The van der Waals surface area contributed by atoms with Gasteiger partial charge in [0.2, 0.25) is 10.0 Å². The van der Waals surface area contributed by atoms with Crippen LogP contribution in [-0.2, 0) is 32.9 Å². The molecule has 1 aromatic carbocycles. The Kier molecular flexibility index (Phi) is 8.10. The minimum absolute atomic E-state index is 0.0141. The molecule has 0 spiro atoms. The number of sulfonamides is 2. The monoisotopic (exact) mass is 499 g/mol. The molecule has 1 aliphatic carbocycles. The number of fused-ring (bicyclic) bond motifs is 1. The van der Waals surface area contributed by atoms with Gasteiger partial charge in [-0.05, 0) is 61.6 Å². The number of amides is 1. The van der Waals surface area contributed by atoms with Gasteiger partial charge in [-0.15, -0.1) is 16.2 Å². The molecule has 0 saturated heterocycles. The minimum Gasteiger partial charge on any atom is -0.273 e. The first-order valence-electron chi connectivity index (χ1n) is 10.7. The maximum atomic E-state index is 12.6. The standard InChI is InChI=1S/C21H29N3O5S3/c1-3-24(4-2)32(28,29)18-13-11-17(12-14-18)31(26,27)23-22-21(25)20-15-16-9-7-5-6-8-10-19(16)30-20/h11-15,23H,3-10H2,1-2H3,(H,22,25). The summed E-state index contributed by atoms with van der Waals surface area (Å²) in [6.45, 7) is 4.11. The van der Waals surface area contributed by atoms with E-state index in [4.69, 9.17) is 0 Å². The predicted molar refractivity (Wildman–Crippen MR) is 125 cm³/mol. The first kappa shape index (κ1) is 24.8. The van der Waals surface area contributed by atoms with Gasteiger partial charge >= 0.3 is 0 Å². The van der Waals surface area contributed by atoms with Crippen molar-refractivity contribution in [2.75, 3.05) is 13.1 Å². The zero-order valence-corrected chi connectivity index (χ0v) is 20.7. The first-order valence-corrected chi connectivity index (χ1v) is 14.5. The molecule has 1 aliphatic rings. The molecule has 32 heavy (non-hydrogen) atoms. The maximum Gasteiger partial charge on any atom is 0.276 e. The quantitative estimate of drug-likeness (QED) is 0.542. The van der Waals surface area contributed by atoms with Crippen molar-refractivity contribution < 1.29 is 21.6 Å². The molecule has 8 nitrogen and oxygen atoms in total. The normalized spacial score (nSPS) is 15.1. The molecule has 0 fully saturated rings. The fourth-order valence-corrected chi connectivity index (χ4v) is 7.14. The van der Waals surface area contributed by atoms with Gasteiger partial charge in [-0.2, -0.15) is 4.31 Å². The molecular formula is C21H29N3O5S3. The van der Waals surface area contributed by atoms with E-state index in [0.717, 1.165) is 25.7 Å². The summed E-state index contributed by atoms with van der Waals surface area (Å²) in [5, 5.41) is 0. The molecule has 1 amide bonds. The third kappa shape index (κ3) is 5.57. The lowest BCUT2D eigenvalue weighted by Gasteiger charge is -2.18. The first-order chi connectivity index (χ1) is 15.2. The largest absolute Gasteiger partial charge is 0.276 e. The van der Waals surface area contributed by atoms with E-state index in [2.05, 4.69) is 10.3 Å². The smallest absolute Gasteiger partial charge is 0.273 e. The number of thiophene rings is 1. The zero-order chi connectivity index (χ0) is 23.4. The van der Waals surface area contributed by atoms with Gasteiger partial charge in [0.15, 0.2) is 0 Å². The van der Waals surface area contributed by atoms with Gasteiger partial charge in [0.1, 0.15) is 0 Å². The molecule has 0 radical (unpaired) electrons. The number of hydrogen-bond acceptors (Lipinski definition) is 6. The van der Waals surface area contributed by atoms with Crippen LogP contribution in [0.2, 0.25) is 0 Å². The van der Waals surface area contributed by atoms with Crippen LogP contribution in [0.1, 0.15) is 59.6 Å². The fourth-order valence-electron chi connectivity index (χ4n) is 3.69. The molecule has 2 N–H and O–H groups in total. The molecule has 11 heteroatoms. The Hall–Kier alpha value is -1.79. The Balaban J connectivity index is 1.69. The molecule has 0 aliphatic heterocycles. The van der Waals surface area contributed by atoms with Crippen molar-refractivity contribution in [1.29, 1.82) is 0 Å². The highest BCUT2D eigenvalue weighted by atomic mass is 32.2. The second-order valence-electron chi connectivity index (χ2n) is 7.59. The van der Waals surface area contributed by atoms with E-state index < -0.39 is 26.0 Å². The van der Waals surface area contributed by atoms with Crippen LogP contribution in [-0.4, -0.2) is 40.1 Å². The number of nitrogens with zero attached hydrogens (tertiary/aromatic N) is 1. The number of hydrogen-bond donors (Lipinski definition) is 2. The third-order valence-electron chi connectivity index (χ3n) is 5.50. The molecule has 0 saturated carbocycles. The summed E-state index contributed by atoms with van der Waals surface area (Å²) >= 11 is 1.41. The Morgan fingerprint density at radius 3 is 2.16 bits per heavy atom. The van der Waals surface area contributed by atoms with E-state index in [1.807, 2.05) is 6.07 Å². The molecule has 176 valence electrons. The van der Waals surface area contributed by atoms with Crippen molar-refractivity contribution >= 4 is 37.3 Å². The minimum atomic E-state index is -4.06. The van der Waals surface area contributed by atoms with Crippen LogP contribution in [0.3, 0.4) is 0 Å². The van der Waals surface area contributed by atoms with E-state index >= 15 is 0 Å². The van der Waals surface area contributed by atoms with Crippen molar-refractivity contribution in [1.82, 2.24) is 14.6 Å². The average Bonchev–Trinajstić information content (AvgIpc) is 3.15. The number of hydrazine groups is 1. The maximum absolute atomic E-state index is 12.6. The van der Waals surface area contributed by atoms with Gasteiger partial charge in [-0.3, -0.25) is 10.2 Å². The topological polar surface area (TPSA) is 113 Å². The van der Waals surface area contributed by atoms with Crippen LogP contribution < -0.4 is 10.3 Å². The van der Waals surface area contributed by atoms with E-state index in [9.17, 15) is 21.6 Å². The molecule has 0 bridgehead atoms. The van der Waals surface area contributed by atoms with Gasteiger partial charge in [0, 0.05) is 18.0 Å². The lowest BCUT2D eigenvalue weighted by Crippen LogP contribution is -2.41. The molecule has 3 rings (SSSR count). The number of carbonyl (C=O) groups is 1. The summed E-state index contributed by atoms with van der Waals surface area (Å²) in [6.07, 6.45) is 6.45. The Morgan fingerprint density at radius 1 is 0.938 bits per heavy atom. The Morgan fingerprint density at radius 2 is 1.53 bits per heavy atom. The van der Waals surface area contributed by atoms with Crippen LogP contribution >= 0.6 is 11.3 Å². The summed E-state index contributed by atoms with van der Waals surface area (Å²) in [6, 6.07) is 6.78. The highest BCUT2D eigenvalue weighted by Crippen LogP contribution is 2.28. The van der Waals surface area contributed by atoms with Crippen molar-refractivity contribution in [3.05, 3.63) is 45.6 Å². The average molecular weight is 500 g/mol. The van der Waals surface area contributed by atoms with Crippen LogP contribution in [0.4, 0.5) is 0 Å². The Labute approximate surface area is 194 Å². The van der Waals surface area contributed by atoms with Crippen molar-refractivity contribution in [3.8, 4) is 0 Å². The van der Waals surface area contributed by atoms with Gasteiger partial charge in [0.25, 0.3) is 15.9 Å². The van der Waals surface area contributed by atoms with Crippen LogP contribution in [0.5, 0.6) is 0 Å². The van der Waals surface area contributed by atoms with Crippen LogP contribution in [0, 0.1) is 0 Å². The van der Waals surface area contributed by atoms with Crippen molar-refractivity contribution in [2.45, 2.75) is 62.2 Å². The van der Waals surface area contributed by atoms with E-state index in [-0.39, 0.29) is 9.79 Å². The molecular weight excluding hydrogens is 470 g/mol. The second-order valence-corrected chi connectivity index (χ2v) is 12.4. The number of aryl methyl sites for hydroxylation is 2. The second kappa shape index (κ2) is 10.4. The molecule has 1 aromatic heterocycles. The lowest BCUT2D eigenvalue weighted by atomic mass is 10.00. The van der Waals surface area contributed by atoms with Gasteiger partial charge in [-0.1, -0.05) is 26.7 Å². The molecule has 2 aromatic rings. The van der Waals surface area contributed by atoms with Crippen molar-refractivity contribution in [2.24, 2.45) is 0 Å². The highest BCUT2D eigenvalue weighted by molar-refractivity contribution is 7.89. The SMILES string of the molecule is CCN(CC)S(=O)(=O)c1ccc(S(=O)(=O)NNC(=O)c2cc3c(s2)CCCCCC3)cc1. The van der Waals surface area contributed by atoms with E-state index in [1.165, 1.54) is 63.2 Å². The molecule has 0 atom stereocenters. The number of carbonyl (C=O) groups excluding carboxylic acids is 1. The zero-order valence-electron chi connectivity index (χ0n) is 18.3. The van der Waals surface area contributed by atoms with Gasteiger partial charge in [0.05, 0.1) is 14.7 Å². The van der Waals surface area contributed by atoms with E-state index in [1.54, 1.807) is 13.8 Å². The van der Waals surface area contributed by atoms with Crippen LogP contribution in [0.15, 0.2) is 40.1 Å². The van der Waals surface area contributed by atoms with Gasteiger partial charge in [-0.25, -0.2) is 16.8 Å². The lowest BCUT2D eigenvalue weighted by molar-refractivity contribution is 0.0949. The number of rotatable bonds is 8. The summed E-state index contributed by atoms with van der Waals surface area (Å²) < 4.78 is 51.6. The van der Waals surface area contributed by atoms with E-state index in [0.29, 0.717) is 18.0 Å². The van der Waals surface area contributed by atoms with Crippen LogP contribution in [0.25, 0.3) is 0 Å². The molecule has 1 heterocycles. The summed E-state index contributed by atoms with van der Waals surface area (Å²) in [4.78, 5) is 16.2. The summed E-state index contributed by atoms with van der Waals surface area (Å²) in [7, 11) is -7.74. The van der Waals surface area contributed by atoms with Crippen molar-refractivity contribution in [3.63, 3.8) is 0 Å². The fraction of sp³-hybridized carbons (Fsp3) is 0.476. The number of benzene rings is 1. The predicted octanol–water partition coefficient (Wildman–Crippen LogP) is 3.06. The Bertz CT molecular complexity index is 1130. The number of nitrogens with one attached hydrogen (secondary N) is 2. The highest BCUT2D eigenvalue weighted by Gasteiger charge is 2.23. The summed E-state index contributed by atoms with van der Waals surface area (Å²) in [5.74, 6) is -0.508. The summed E-state index contributed by atoms with van der Waals surface area (Å²) in [5.41, 5.74) is 3.44. The van der Waals surface area contributed by atoms with Gasteiger partial charge < -0.3 is 0 Å². The molecule has 0 unspecified atom stereocenters.